The normalized spacial score (nSPS) is 10.3. The molecule has 2 aromatic rings. The zero-order chi connectivity index (χ0) is 14.0. The second-order valence-corrected chi connectivity index (χ2v) is 5.73. The minimum absolute atomic E-state index is 0. The van der Waals surface area contributed by atoms with Gasteiger partial charge in [0.05, 0.1) is 0 Å². The summed E-state index contributed by atoms with van der Waals surface area (Å²) in [5, 5.41) is 0. The molecule has 21 heavy (non-hydrogen) atoms. The van der Waals surface area contributed by atoms with Crippen LogP contribution in [0.4, 0.5) is 0 Å². The van der Waals surface area contributed by atoms with Gasteiger partial charge in [-0.05, 0) is 18.0 Å². The zero-order valence-electron chi connectivity index (χ0n) is 13.2. The molecule has 0 spiro atoms. The van der Waals surface area contributed by atoms with Crippen LogP contribution in [0.3, 0.4) is 0 Å². The molecule has 0 aliphatic rings. The summed E-state index contributed by atoms with van der Waals surface area (Å²) in [5.74, 6) is 0.0334. The maximum absolute atomic E-state index is 11.2. The van der Waals surface area contributed by atoms with Crippen LogP contribution in [-0.2, 0) is 25.5 Å². The Morgan fingerprint density at radius 3 is 2.19 bits per heavy atom. The maximum atomic E-state index is 11.2. The minimum Gasteiger partial charge on any atom is -0.358 e. The predicted molar refractivity (Wildman–Crippen MR) is 83.6 cm³/mol. The first kappa shape index (κ1) is 19.7. The molecule has 0 bridgehead atoms. The number of carbonyl (C=O) groups excluding carboxylic acids is 1. The van der Waals surface area contributed by atoms with Crippen LogP contribution in [0, 0.1) is 13.5 Å². The molecule has 115 valence electrons. The molecule has 2 rings (SSSR count). The van der Waals surface area contributed by atoms with Crippen molar-refractivity contribution in [3.63, 3.8) is 0 Å². The zero-order valence-corrected chi connectivity index (χ0v) is 15.5. The van der Waals surface area contributed by atoms with Crippen molar-refractivity contribution in [3.05, 3.63) is 61.1 Å². The van der Waals surface area contributed by atoms with E-state index in [0.29, 0.717) is 5.56 Å². The number of hydrogen-bond donors (Lipinski definition) is 0. The van der Waals surface area contributed by atoms with E-state index in [1.54, 1.807) is 19.2 Å². The molecule has 2 nitrogen and oxygen atoms in total. The topological polar surface area (TPSA) is 30.0 Å². The van der Waals surface area contributed by atoms with E-state index in [-0.39, 0.29) is 38.7 Å². The summed E-state index contributed by atoms with van der Waals surface area (Å²) in [6.45, 7) is 8.07. The van der Waals surface area contributed by atoms with E-state index in [1.807, 2.05) is 18.2 Å². The first-order valence-electron chi connectivity index (χ1n) is 6.37. The third-order valence-electron chi connectivity index (χ3n) is 3.12. The van der Waals surface area contributed by atoms with Crippen LogP contribution >= 0.6 is 0 Å². The van der Waals surface area contributed by atoms with Gasteiger partial charge >= 0.3 is 0 Å². The summed E-state index contributed by atoms with van der Waals surface area (Å²) in [6, 6.07) is 13.1. The van der Waals surface area contributed by atoms with Gasteiger partial charge in [-0.15, -0.1) is 35.4 Å². The average molecular weight is 460 g/mol. The molecule has 1 aromatic heterocycles. The van der Waals surface area contributed by atoms with Crippen molar-refractivity contribution in [2.75, 3.05) is 0 Å². The molecule has 0 aliphatic carbocycles. The third kappa shape index (κ3) is 4.87. The quantitative estimate of drug-likeness (QED) is 0.489. The van der Waals surface area contributed by atoms with E-state index in [1.165, 1.54) is 5.56 Å². The van der Waals surface area contributed by atoms with Gasteiger partial charge in [-0.3, -0.25) is 4.79 Å². The summed E-state index contributed by atoms with van der Waals surface area (Å²) in [5.41, 5.74) is 3.79. The number of Topliss-reactive ketones (excluding diaryl/α,β-unsaturated/α-hetero) is 1. The van der Waals surface area contributed by atoms with Gasteiger partial charge in [-0.2, -0.15) is 0 Å². The fraction of sp³-hybridized carbons (Fsp3) is 0.278. The molecular formula is C18H21IrNO-2. The number of rotatable bonds is 2. The minimum atomic E-state index is 0. The fourth-order valence-electron chi connectivity index (χ4n) is 1.81. The van der Waals surface area contributed by atoms with Crippen LogP contribution in [0.15, 0.2) is 36.5 Å². The Kier molecular flexibility index (Phi) is 7.15. The number of pyridine rings is 1. The van der Waals surface area contributed by atoms with Gasteiger partial charge in [0.2, 0.25) is 0 Å². The molecule has 0 fully saturated rings. The van der Waals surface area contributed by atoms with Crippen LogP contribution in [0.2, 0.25) is 0 Å². The standard InChI is InChI=1S/C17H18NO.CH3.Ir/c1-12(19)14-7-10-16(18-11-14)13-5-8-15(9-6-13)17(2,3)4;;/h5,7-11H,1-4H3;1H3;/q2*-1;. The molecular weight excluding hydrogens is 438 g/mol. The predicted octanol–water partition coefficient (Wildman–Crippen LogP) is 4.50. The van der Waals surface area contributed by atoms with E-state index >= 15 is 0 Å². The van der Waals surface area contributed by atoms with E-state index in [0.717, 1.165) is 11.3 Å². The maximum Gasteiger partial charge on any atom is 0.161 e. The van der Waals surface area contributed by atoms with E-state index in [9.17, 15) is 4.79 Å². The van der Waals surface area contributed by atoms with Crippen LogP contribution in [0.25, 0.3) is 11.3 Å². The molecule has 0 atom stereocenters. The van der Waals surface area contributed by atoms with Crippen molar-refractivity contribution in [2.45, 2.75) is 33.1 Å². The number of carbonyl (C=O) groups is 1. The summed E-state index contributed by atoms with van der Waals surface area (Å²) >= 11 is 0. The Hall–Kier alpha value is -1.31. The van der Waals surface area contributed by atoms with Gasteiger partial charge in [0.15, 0.2) is 5.78 Å². The first-order valence-corrected chi connectivity index (χ1v) is 6.37. The van der Waals surface area contributed by atoms with Crippen molar-refractivity contribution < 1.29 is 24.9 Å². The Labute approximate surface area is 141 Å². The summed E-state index contributed by atoms with van der Waals surface area (Å²) < 4.78 is 0. The second kappa shape index (κ2) is 7.63. The van der Waals surface area contributed by atoms with Crippen LogP contribution in [-0.4, -0.2) is 10.8 Å². The number of nitrogens with zero attached hydrogens (tertiary/aromatic N) is 1. The van der Waals surface area contributed by atoms with Crippen LogP contribution < -0.4 is 0 Å². The van der Waals surface area contributed by atoms with Gasteiger partial charge in [0, 0.05) is 31.9 Å². The second-order valence-electron chi connectivity index (χ2n) is 5.73. The first-order chi connectivity index (χ1) is 8.88. The monoisotopic (exact) mass is 460 g/mol. The number of benzene rings is 1. The van der Waals surface area contributed by atoms with Crippen molar-refractivity contribution >= 4 is 5.78 Å². The fourth-order valence-corrected chi connectivity index (χ4v) is 1.81. The molecule has 1 radical (unpaired) electrons. The summed E-state index contributed by atoms with van der Waals surface area (Å²) in [7, 11) is 0. The molecule has 0 aliphatic heterocycles. The third-order valence-corrected chi connectivity index (χ3v) is 3.12. The summed E-state index contributed by atoms with van der Waals surface area (Å²) in [4.78, 5) is 15.5. The van der Waals surface area contributed by atoms with Gasteiger partial charge in [-0.1, -0.05) is 32.9 Å². The smallest absolute Gasteiger partial charge is 0.161 e. The Bertz CT molecular complexity index is 580. The molecule has 0 N–H and O–H groups in total. The van der Waals surface area contributed by atoms with Crippen molar-refractivity contribution in [1.29, 1.82) is 0 Å². The largest absolute Gasteiger partial charge is 0.358 e. The molecule has 0 unspecified atom stereocenters. The molecule has 3 heteroatoms. The molecule has 0 amide bonds. The van der Waals surface area contributed by atoms with Crippen molar-refractivity contribution in [2.24, 2.45) is 0 Å². The number of aromatic nitrogens is 1. The molecule has 0 saturated heterocycles. The molecule has 1 heterocycles. The molecule has 0 saturated carbocycles. The Morgan fingerprint density at radius 2 is 1.81 bits per heavy atom. The Balaban J connectivity index is 0.00000200. The van der Waals surface area contributed by atoms with E-state index < -0.39 is 0 Å². The van der Waals surface area contributed by atoms with Gasteiger partial charge < -0.3 is 12.4 Å². The van der Waals surface area contributed by atoms with Crippen LogP contribution in [0.1, 0.15) is 43.6 Å². The SMILES string of the molecule is CC(=O)c1ccc(-c2[c-]cc(C(C)(C)C)cc2)nc1.[CH3-].[Ir]. The van der Waals surface area contributed by atoms with Crippen molar-refractivity contribution in [3.8, 4) is 11.3 Å². The van der Waals surface area contributed by atoms with Crippen LogP contribution in [0.5, 0.6) is 0 Å². The summed E-state index contributed by atoms with van der Waals surface area (Å²) in [6.07, 6.45) is 1.61. The Morgan fingerprint density at radius 1 is 1.14 bits per heavy atom. The van der Waals surface area contributed by atoms with Crippen molar-refractivity contribution in [1.82, 2.24) is 4.98 Å². The van der Waals surface area contributed by atoms with E-state index in [4.69, 9.17) is 0 Å². The van der Waals surface area contributed by atoms with Gasteiger partial charge in [0.1, 0.15) is 0 Å². The van der Waals surface area contributed by atoms with Gasteiger partial charge in [0.25, 0.3) is 0 Å². The number of hydrogen-bond acceptors (Lipinski definition) is 2. The average Bonchev–Trinajstić information content (AvgIpc) is 2.38. The van der Waals surface area contributed by atoms with Gasteiger partial charge in [-0.25, -0.2) is 0 Å². The van der Waals surface area contributed by atoms with E-state index in [2.05, 4.69) is 37.9 Å². The molecule has 1 aromatic carbocycles. The number of ketones is 1.